The molecule has 0 spiro atoms. The summed E-state index contributed by atoms with van der Waals surface area (Å²) in [6.45, 7) is 0. The molecule has 0 aromatic rings. The molecule has 15 heteroatoms. The Kier molecular flexibility index (Phi) is 7.38. The Hall–Kier alpha value is -1.02. The van der Waals surface area contributed by atoms with E-state index in [0.717, 1.165) is 0 Å². The molecule has 0 rings (SSSR count). The lowest BCUT2D eigenvalue weighted by molar-refractivity contribution is -0.299. The number of rotatable bonds is 10. The predicted octanol–water partition coefficient (Wildman–Crippen LogP) is 5.45. The SMILES string of the molecule is FC(CC(F)(F)C(F)(F)C(F)F)OC(F)CC(F)(F)C(F)(F)C(F)F. The minimum absolute atomic E-state index is 2.94. The van der Waals surface area contributed by atoms with E-state index < -0.39 is 62.1 Å². The molecule has 0 N–H and O–H groups in total. The largest absolute Gasteiger partial charge is 0.369 e. The van der Waals surface area contributed by atoms with Crippen LogP contribution in [0.5, 0.6) is 0 Å². The van der Waals surface area contributed by atoms with E-state index in [-0.39, 0.29) is 0 Å². The normalized spacial score (nSPS) is 17.3. The summed E-state index contributed by atoms with van der Waals surface area (Å²) in [7, 11) is 0. The maximum absolute atomic E-state index is 12.9. The van der Waals surface area contributed by atoms with Crippen molar-refractivity contribution in [2.75, 3.05) is 0 Å². The van der Waals surface area contributed by atoms with Gasteiger partial charge in [0.1, 0.15) is 0 Å². The van der Waals surface area contributed by atoms with Crippen molar-refractivity contribution in [2.45, 2.75) is 62.1 Å². The fraction of sp³-hybridized carbons (Fsp3) is 1.00. The second kappa shape index (κ2) is 7.70. The zero-order chi connectivity index (χ0) is 20.4. The first-order valence-corrected chi connectivity index (χ1v) is 5.89. The Labute approximate surface area is 129 Å². The van der Waals surface area contributed by atoms with Gasteiger partial charge in [0.05, 0.1) is 12.8 Å². The van der Waals surface area contributed by atoms with Gasteiger partial charge in [0, 0.05) is 0 Å². The average Bonchev–Trinajstić information content (AvgIpc) is 2.35. The fourth-order valence-corrected chi connectivity index (χ4v) is 1.25. The lowest BCUT2D eigenvalue weighted by atomic mass is 10.1. The highest BCUT2D eigenvalue weighted by Crippen LogP contribution is 2.44. The molecule has 0 aromatic heterocycles. The molecular weight excluding hydrogens is 402 g/mol. The summed E-state index contributed by atoms with van der Waals surface area (Å²) in [4.78, 5) is 0. The smallest absolute Gasteiger partial charge is 0.314 e. The van der Waals surface area contributed by atoms with Gasteiger partial charge in [0.15, 0.2) is 0 Å². The number of alkyl halides is 14. The molecule has 2 unspecified atom stereocenters. The van der Waals surface area contributed by atoms with Crippen molar-refractivity contribution < 1.29 is 66.2 Å². The van der Waals surface area contributed by atoms with Crippen LogP contribution in [0.1, 0.15) is 12.8 Å². The molecule has 0 fully saturated rings. The first kappa shape index (κ1) is 24.0. The van der Waals surface area contributed by atoms with E-state index in [1.165, 1.54) is 0 Å². The Bertz CT molecular complexity index is 384. The monoisotopic (exact) mass is 410 g/mol. The van der Waals surface area contributed by atoms with Gasteiger partial charge in [0.2, 0.25) is 12.7 Å². The summed E-state index contributed by atoms with van der Waals surface area (Å²) in [5, 5.41) is 0. The number of ether oxygens (including phenoxy) is 1. The van der Waals surface area contributed by atoms with Crippen LogP contribution in [-0.4, -0.2) is 49.3 Å². The zero-order valence-electron chi connectivity index (χ0n) is 11.4. The van der Waals surface area contributed by atoms with Crippen LogP contribution in [0.2, 0.25) is 0 Å². The quantitative estimate of drug-likeness (QED) is 0.436. The maximum Gasteiger partial charge on any atom is 0.369 e. The van der Waals surface area contributed by atoms with Gasteiger partial charge in [-0.05, 0) is 0 Å². The van der Waals surface area contributed by atoms with Crippen molar-refractivity contribution in [3.63, 3.8) is 0 Å². The lowest BCUT2D eigenvalue weighted by Crippen LogP contribution is -2.49. The van der Waals surface area contributed by atoms with Crippen LogP contribution in [0.3, 0.4) is 0 Å². The van der Waals surface area contributed by atoms with Crippen LogP contribution in [0, 0.1) is 0 Å². The molecule has 0 heterocycles. The van der Waals surface area contributed by atoms with Crippen molar-refractivity contribution in [1.82, 2.24) is 0 Å². The summed E-state index contributed by atoms with van der Waals surface area (Å²) < 4.78 is 176. The number of hydrogen-bond donors (Lipinski definition) is 0. The van der Waals surface area contributed by atoms with E-state index in [2.05, 4.69) is 4.74 Å². The maximum atomic E-state index is 12.9. The fourth-order valence-electron chi connectivity index (χ4n) is 1.25. The second-order valence-corrected chi connectivity index (χ2v) is 4.62. The van der Waals surface area contributed by atoms with Gasteiger partial charge in [0.25, 0.3) is 0 Å². The molecule has 152 valence electrons. The Morgan fingerprint density at radius 2 is 0.760 bits per heavy atom. The van der Waals surface area contributed by atoms with Crippen molar-refractivity contribution in [3.8, 4) is 0 Å². The molecule has 0 aliphatic rings. The third-order valence-electron chi connectivity index (χ3n) is 2.65. The van der Waals surface area contributed by atoms with Crippen LogP contribution in [0.25, 0.3) is 0 Å². The van der Waals surface area contributed by atoms with Gasteiger partial charge in [-0.3, -0.25) is 0 Å². The van der Waals surface area contributed by atoms with Crippen molar-refractivity contribution in [1.29, 1.82) is 0 Å². The average molecular weight is 410 g/mol. The van der Waals surface area contributed by atoms with Crippen LogP contribution >= 0.6 is 0 Å². The van der Waals surface area contributed by atoms with E-state index >= 15 is 0 Å². The highest BCUT2D eigenvalue weighted by Gasteiger charge is 2.65. The van der Waals surface area contributed by atoms with Gasteiger partial charge in [-0.1, -0.05) is 0 Å². The third-order valence-corrected chi connectivity index (χ3v) is 2.65. The van der Waals surface area contributed by atoms with Crippen LogP contribution in [0.4, 0.5) is 61.5 Å². The molecule has 0 aromatic carbocycles. The molecule has 0 amide bonds. The van der Waals surface area contributed by atoms with E-state index in [1.54, 1.807) is 0 Å². The van der Waals surface area contributed by atoms with Gasteiger partial charge in [-0.15, -0.1) is 0 Å². The first-order valence-electron chi connectivity index (χ1n) is 5.89. The van der Waals surface area contributed by atoms with Gasteiger partial charge < -0.3 is 4.74 Å². The molecule has 0 radical (unpaired) electrons. The molecule has 0 saturated heterocycles. The molecule has 1 nitrogen and oxygen atoms in total. The summed E-state index contributed by atoms with van der Waals surface area (Å²) in [5.74, 6) is -23.8. The highest BCUT2D eigenvalue weighted by atomic mass is 19.4. The zero-order valence-corrected chi connectivity index (χ0v) is 11.4. The number of halogens is 14. The highest BCUT2D eigenvalue weighted by molar-refractivity contribution is 4.89. The molecule has 0 aliphatic heterocycles. The third kappa shape index (κ3) is 5.48. The summed E-state index contributed by atoms with van der Waals surface area (Å²) in [5.41, 5.74) is 0. The molecule has 2 atom stereocenters. The Balaban J connectivity index is 4.90. The summed E-state index contributed by atoms with van der Waals surface area (Å²) in [6.07, 6.45) is -23.7. The Morgan fingerprint density at radius 3 is 0.960 bits per heavy atom. The molecule has 0 saturated carbocycles. The Morgan fingerprint density at radius 1 is 0.520 bits per heavy atom. The predicted molar refractivity (Wildman–Crippen MR) is 51.9 cm³/mol. The molecule has 25 heavy (non-hydrogen) atoms. The number of hydrogen-bond acceptors (Lipinski definition) is 1. The van der Waals surface area contributed by atoms with E-state index in [9.17, 15) is 61.5 Å². The summed E-state index contributed by atoms with van der Waals surface area (Å²) >= 11 is 0. The summed E-state index contributed by atoms with van der Waals surface area (Å²) in [6, 6.07) is 0. The van der Waals surface area contributed by atoms with Gasteiger partial charge >= 0.3 is 36.5 Å². The molecule has 0 aliphatic carbocycles. The van der Waals surface area contributed by atoms with E-state index in [0.29, 0.717) is 0 Å². The van der Waals surface area contributed by atoms with Crippen molar-refractivity contribution in [3.05, 3.63) is 0 Å². The van der Waals surface area contributed by atoms with Gasteiger partial charge in [-0.25, -0.2) is 26.3 Å². The topological polar surface area (TPSA) is 9.23 Å². The second-order valence-electron chi connectivity index (χ2n) is 4.62. The molecule has 0 bridgehead atoms. The van der Waals surface area contributed by atoms with E-state index in [4.69, 9.17) is 0 Å². The minimum atomic E-state index is -6.10. The lowest BCUT2D eigenvalue weighted by Gasteiger charge is -2.29. The van der Waals surface area contributed by atoms with Crippen LogP contribution in [0.15, 0.2) is 0 Å². The van der Waals surface area contributed by atoms with Gasteiger partial charge in [-0.2, -0.15) is 35.1 Å². The first-order chi connectivity index (χ1) is 10.9. The minimum Gasteiger partial charge on any atom is -0.314 e. The van der Waals surface area contributed by atoms with Crippen LogP contribution < -0.4 is 0 Å². The van der Waals surface area contributed by atoms with Crippen molar-refractivity contribution >= 4 is 0 Å². The van der Waals surface area contributed by atoms with Crippen molar-refractivity contribution in [2.24, 2.45) is 0 Å². The standard InChI is InChI=1S/C10H8F14O/c11-3(1-7(17,18)9(21,22)5(13)14)25-4(12)2-8(19,20)10(23,24)6(15)16/h3-6H,1-2H2. The molecular formula is C10H8F14O. The van der Waals surface area contributed by atoms with Crippen LogP contribution in [-0.2, 0) is 4.74 Å². The van der Waals surface area contributed by atoms with E-state index in [1.807, 2.05) is 0 Å².